The molecule has 48 heavy (non-hydrogen) atoms. The molecule has 1 fully saturated rings. The van der Waals surface area contributed by atoms with E-state index < -0.39 is 17.0 Å². The summed E-state index contributed by atoms with van der Waals surface area (Å²) in [5, 5.41) is 3.77. The smallest absolute Gasteiger partial charge is 0.323 e. The highest BCUT2D eigenvalue weighted by Crippen LogP contribution is 2.59. The van der Waals surface area contributed by atoms with Crippen LogP contribution in [0.3, 0.4) is 0 Å². The third-order valence-corrected chi connectivity index (χ3v) is 9.80. The minimum absolute atomic E-state index is 0.0203. The minimum atomic E-state index is -0.869. The Balaban J connectivity index is 1.25. The number of fused-ring (bicyclic) bond motifs is 2. The second-order valence-corrected chi connectivity index (χ2v) is 12.9. The van der Waals surface area contributed by atoms with Crippen LogP contribution in [0.15, 0.2) is 127 Å². The zero-order valence-electron chi connectivity index (χ0n) is 27.3. The van der Waals surface area contributed by atoms with Gasteiger partial charge in [0, 0.05) is 19.8 Å². The van der Waals surface area contributed by atoms with Gasteiger partial charge in [-0.15, -0.1) is 0 Å². The Morgan fingerprint density at radius 3 is 1.83 bits per heavy atom. The van der Waals surface area contributed by atoms with Gasteiger partial charge in [-0.25, -0.2) is 4.39 Å². The van der Waals surface area contributed by atoms with Crippen LogP contribution in [0.25, 0.3) is 0 Å². The van der Waals surface area contributed by atoms with Crippen LogP contribution in [0.1, 0.15) is 40.7 Å². The second kappa shape index (κ2) is 12.4. The molecule has 0 unspecified atom stereocenters. The first-order valence-corrected chi connectivity index (χ1v) is 16.3. The monoisotopic (exact) mass is 639 g/mol. The number of nitrogens with one attached hydrogen (secondary N) is 1. The number of ether oxygens (including phenoxy) is 1. The van der Waals surface area contributed by atoms with Crippen LogP contribution in [0.5, 0.6) is 0 Å². The van der Waals surface area contributed by atoms with Gasteiger partial charge in [0.1, 0.15) is 11.9 Å². The van der Waals surface area contributed by atoms with Crippen molar-refractivity contribution >= 4 is 28.9 Å². The summed E-state index contributed by atoms with van der Waals surface area (Å²) in [6.07, 6.45) is 1.77. The summed E-state index contributed by atoms with van der Waals surface area (Å²) < 4.78 is 20.4. The number of carbonyl (C=O) groups is 2. The zero-order valence-corrected chi connectivity index (χ0v) is 27.3. The first kappa shape index (κ1) is 31.3. The number of hydrogen-bond donors (Lipinski definition) is 1. The summed E-state index contributed by atoms with van der Waals surface area (Å²) in [5.74, 6) is -0.731. The number of esters is 1. The van der Waals surface area contributed by atoms with Crippen molar-refractivity contribution in [2.75, 3.05) is 31.0 Å². The van der Waals surface area contributed by atoms with Crippen LogP contribution in [0, 0.1) is 5.82 Å². The summed E-state index contributed by atoms with van der Waals surface area (Å²) in [6.45, 7) is 0. The lowest BCUT2D eigenvalue weighted by atomic mass is 9.76. The van der Waals surface area contributed by atoms with Gasteiger partial charge in [0.15, 0.2) is 0 Å². The third kappa shape index (κ3) is 5.24. The first-order valence-electron chi connectivity index (χ1n) is 16.3. The quantitative estimate of drug-likeness (QED) is 0.129. The number of methoxy groups -OCH3 is 1. The molecule has 5 aromatic rings. The topological polar surface area (TPSA) is 61.9 Å². The number of benzene rings is 5. The van der Waals surface area contributed by atoms with Crippen LogP contribution in [0.2, 0.25) is 0 Å². The molecule has 6 nitrogen and oxygen atoms in total. The van der Waals surface area contributed by atoms with Crippen molar-refractivity contribution in [2.45, 2.75) is 36.3 Å². The van der Waals surface area contributed by atoms with Gasteiger partial charge in [0.2, 0.25) is 5.91 Å². The fourth-order valence-electron chi connectivity index (χ4n) is 7.19. The first-order chi connectivity index (χ1) is 23.3. The molecular formula is C41H38FN3O3. The van der Waals surface area contributed by atoms with Crippen LogP contribution >= 0.6 is 0 Å². The van der Waals surface area contributed by atoms with Crippen LogP contribution in [0.4, 0.5) is 21.5 Å². The van der Waals surface area contributed by atoms with Gasteiger partial charge in [0.05, 0.1) is 29.4 Å². The molecule has 1 amide bonds. The van der Waals surface area contributed by atoms with Crippen molar-refractivity contribution in [1.29, 1.82) is 0 Å². The molecule has 7 heteroatoms. The molecular weight excluding hydrogens is 601 g/mol. The molecule has 2 aliphatic rings. The van der Waals surface area contributed by atoms with Gasteiger partial charge >= 0.3 is 5.97 Å². The van der Waals surface area contributed by atoms with E-state index in [4.69, 9.17) is 4.74 Å². The number of anilines is 3. The molecule has 1 saturated carbocycles. The van der Waals surface area contributed by atoms with Crippen molar-refractivity contribution in [1.82, 2.24) is 5.32 Å². The molecule has 5 aromatic carbocycles. The van der Waals surface area contributed by atoms with Gasteiger partial charge in [-0.1, -0.05) is 103 Å². The fourth-order valence-corrected chi connectivity index (χ4v) is 7.19. The van der Waals surface area contributed by atoms with Crippen LogP contribution in [-0.2, 0) is 31.7 Å². The van der Waals surface area contributed by atoms with E-state index in [1.165, 1.54) is 13.2 Å². The summed E-state index contributed by atoms with van der Waals surface area (Å²) in [4.78, 5) is 30.8. The molecule has 0 bridgehead atoms. The average molecular weight is 640 g/mol. The van der Waals surface area contributed by atoms with Crippen molar-refractivity contribution in [3.8, 4) is 0 Å². The SMILES string of the molecule is COC(=O)[C@H](Cc1ccc(N2C(=O)C3(CC3)c3cc(F)c(N(C)C)cc32)cc1)NC(c1ccccc1)(c1ccccc1)c1ccccc1. The summed E-state index contributed by atoms with van der Waals surface area (Å²) in [7, 11) is 4.99. The van der Waals surface area contributed by atoms with Crippen molar-refractivity contribution < 1.29 is 18.7 Å². The maximum Gasteiger partial charge on any atom is 0.323 e. The second-order valence-electron chi connectivity index (χ2n) is 12.9. The van der Waals surface area contributed by atoms with E-state index >= 15 is 4.39 Å². The Labute approximate surface area is 280 Å². The molecule has 0 radical (unpaired) electrons. The Hall–Kier alpha value is -5.27. The van der Waals surface area contributed by atoms with E-state index in [0.717, 1.165) is 33.5 Å². The molecule has 1 heterocycles. The summed E-state index contributed by atoms with van der Waals surface area (Å²) >= 11 is 0. The van der Waals surface area contributed by atoms with Gasteiger partial charge in [-0.2, -0.15) is 0 Å². The van der Waals surface area contributed by atoms with Crippen LogP contribution in [-0.4, -0.2) is 39.1 Å². The van der Waals surface area contributed by atoms with Gasteiger partial charge < -0.3 is 9.64 Å². The largest absolute Gasteiger partial charge is 0.468 e. The lowest BCUT2D eigenvalue weighted by Gasteiger charge is -2.39. The van der Waals surface area contributed by atoms with Crippen molar-refractivity contribution in [3.63, 3.8) is 0 Å². The summed E-state index contributed by atoms with van der Waals surface area (Å²) in [5.41, 5.74) is 4.97. The molecule has 7 rings (SSSR count). The fraction of sp³-hybridized carbons (Fsp3) is 0.220. The molecule has 0 saturated heterocycles. The van der Waals surface area contributed by atoms with E-state index in [2.05, 4.69) is 41.7 Å². The minimum Gasteiger partial charge on any atom is -0.468 e. The van der Waals surface area contributed by atoms with Gasteiger partial charge in [-0.3, -0.25) is 19.8 Å². The van der Waals surface area contributed by atoms with E-state index in [1.54, 1.807) is 30.0 Å². The Morgan fingerprint density at radius 2 is 1.38 bits per heavy atom. The average Bonchev–Trinajstić information content (AvgIpc) is 3.90. The predicted octanol–water partition coefficient (Wildman–Crippen LogP) is 7.27. The number of hydrogen-bond acceptors (Lipinski definition) is 5. The highest BCUT2D eigenvalue weighted by Gasteiger charge is 2.60. The number of amides is 1. The molecule has 0 aromatic heterocycles. The molecule has 1 N–H and O–H groups in total. The Morgan fingerprint density at radius 1 is 0.854 bits per heavy atom. The molecule has 1 atom stereocenters. The van der Waals surface area contributed by atoms with E-state index in [0.29, 0.717) is 30.6 Å². The highest BCUT2D eigenvalue weighted by atomic mass is 19.1. The van der Waals surface area contributed by atoms with Gasteiger partial charge in [-0.05, 0) is 71.3 Å². The van der Waals surface area contributed by atoms with Crippen LogP contribution < -0.4 is 15.1 Å². The number of rotatable bonds is 10. The molecule has 1 aliphatic carbocycles. The third-order valence-electron chi connectivity index (χ3n) is 9.80. The Bertz CT molecular complexity index is 1850. The zero-order chi connectivity index (χ0) is 33.5. The number of nitrogens with zero attached hydrogens (tertiary/aromatic N) is 2. The molecule has 242 valence electrons. The summed E-state index contributed by atoms with van der Waals surface area (Å²) in [6, 6.07) is 40.7. The van der Waals surface area contributed by atoms with Crippen molar-refractivity contribution in [3.05, 3.63) is 161 Å². The number of carbonyl (C=O) groups excluding carboxylic acids is 2. The van der Waals surface area contributed by atoms with E-state index in [1.807, 2.05) is 78.9 Å². The van der Waals surface area contributed by atoms with Crippen molar-refractivity contribution in [2.24, 2.45) is 0 Å². The maximum absolute atomic E-state index is 15.0. The molecule has 1 spiro atoms. The van der Waals surface area contributed by atoms with E-state index in [-0.39, 0.29) is 17.7 Å². The standard InChI is InChI=1S/C41H38FN3O3/c1-44(2)37-27-36-33(26-34(37)42)40(23-24-40)39(47)45(36)32-21-19-28(20-22-32)25-35(38(46)48-3)43-41(29-13-7-4-8-14-29,30-15-9-5-10-16-30)31-17-11-6-12-18-31/h4-22,26-27,35,43H,23-25H2,1-3H3/t35-/m0/s1. The molecule has 1 aliphatic heterocycles. The van der Waals surface area contributed by atoms with Gasteiger partial charge in [0.25, 0.3) is 0 Å². The highest BCUT2D eigenvalue weighted by molar-refractivity contribution is 6.15. The lowest BCUT2D eigenvalue weighted by Crippen LogP contribution is -2.53. The maximum atomic E-state index is 15.0. The lowest BCUT2D eigenvalue weighted by molar-refractivity contribution is -0.143. The predicted molar refractivity (Wildman–Crippen MR) is 187 cm³/mol. The normalized spacial score (nSPS) is 15.2. The Kier molecular flexibility index (Phi) is 8.09. The number of halogens is 1. The van der Waals surface area contributed by atoms with E-state index in [9.17, 15) is 9.59 Å².